The zero-order valence-corrected chi connectivity index (χ0v) is 19.0. The van der Waals surface area contributed by atoms with Gasteiger partial charge in [-0.3, -0.25) is 4.79 Å². The normalized spacial score (nSPS) is 14.0. The minimum Gasteiger partial charge on any atom is -0.468 e. The SMILES string of the molecule is O=C(NCc1ccc(N2CCCC2)cc1)c1ccc(Cl)c(S(=O)(=O)NCc2ccco2)c1. The molecule has 1 aliphatic heterocycles. The van der Waals surface area contributed by atoms with Crippen molar-refractivity contribution in [3.8, 4) is 0 Å². The first-order valence-electron chi connectivity index (χ1n) is 10.4. The third kappa shape index (κ3) is 5.32. The lowest BCUT2D eigenvalue weighted by atomic mass is 10.1. The maximum absolute atomic E-state index is 12.7. The van der Waals surface area contributed by atoms with Gasteiger partial charge in [-0.25, -0.2) is 13.1 Å². The smallest absolute Gasteiger partial charge is 0.251 e. The zero-order valence-electron chi connectivity index (χ0n) is 17.4. The van der Waals surface area contributed by atoms with Crippen LogP contribution in [0.25, 0.3) is 0 Å². The number of nitrogens with one attached hydrogen (secondary N) is 2. The van der Waals surface area contributed by atoms with Crippen molar-refractivity contribution in [2.24, 2.45) is 0 Å². The fraction of sp³-hybridized carbons (Fsp3) is 0.261. The highest BCUT2D eigenvalue weighted by Gasteiger charge is 2.20. The molecular formula is C23H24ClN3O4S. The van der Waals surface area contributed by atoms with Crippen LogP contribution < -0.4 is 14.9 Å². The molecule has 32 heavy (non-hydrogen) atoms. The average molecular weight is 474 g/mol. The molecule has 1 aliphatic rings. The molecule has 2 heterocycles. The summed E-state index contributed by atoms with van der Waals surface area (Å²) >= 11 is 6.11. The Hall–Kier alpha value is -2.81. The highest BCUT2D eigenvalue weighted by atomic mass is 35.5. The van der Waals surface area contributed by atoms with Gasteiger partial charge in [0, 0.05) is 30.9 Å². The fourth-order valence-electron chi connectivity index (χ4n) is 3.59. The van der Waals surface area contributed by atoms with Gasteiger partial charge in [0.05, 0.1) is 17.8 Å². The summed E-state index contributed by atoms with van der Waals surface area (Å²) in [6.45, 7) is 2.47. The zero-order chi connectivity index (χ0) is 22.6. The van der Waals surface area contributed by atoms with Crippen LogP contribution in [0.4, 0.5) is 5.69 Å². The number of sulfonamides is 1. The molecule has 9 heteroatoms. The molecule has 7 nitrogen and oxygen atoms in total. The Morgan fingerprint density at radius 1 is 1.03 bits per heavy atom. The Labute approximate surface area is 192 Å². The van der Waals surface area contributed by atoms with Crippen LogP contribution in [-0.4, -0.2) is 27.4 Å². The third-order valence-corrected chi connectivity index (χ3v) is 7.24. The van der Waals surface area contributed by atoms with Crippen LogP contribution in [0.1, 0.15) is 34.5 Å². The van der Waals surface area contributed by atoms with E-state index in [4.69, 9.17) is 16.0 Å². The molecule has 0 bridgehead atoms. The van der Waals surface area contributed by atoms with Crippen LogP contribution in [0.2, 0.25) is 5.02 Å². The van der Waals surface area contributed by atoms with Gasteiger partial charge in [-0.15, -0.1) is 0 Å². The second-order valence-corrected chi connectivity index (χ2v) is 9.73. The summed E-state index contributed by atoms with van der Waals surface area (Å²) in [5, 5.41) is 2.86. The van der Waals surface area contributed by atoms with E-state index in [0.29, 0.717) is 12.3 Å². The second kappa shape index (κ2) is 9.77. The Morgan fingerprint density at radius 2 is 1.78 bits per heavy atom. The van der Waals surface area contributed by atoms with Crippen LogP contribution in [0, 0.1) is 0 Å². The van der Waals surface area contributed by atoms with Crippen LogP contribution in [0.15, 0.2) is 70.2 Å². The average Bonchev–Trinajstić information content (AvgIpc) is 3.51. The van der Waals surface area contributed by atoms with E-state index in [1.807, 2.05) is 12.1 Å². The molecule has 1 aromatic heterocycles. The molecule has 0 atom stereocenters. The lowest BCUT2D eigenvalue weighted by Crippen LogP contribution is -2.25. The van der Waals surface area contributed by atoms with Gasteiger partial charge in [0.1, 0.15) is 10.7 Å². The largest absolute Gasteiger partial charge is 0.468 e. The standard InChI is InChI=1S/C23H24ClN3O4S/c24-21-10-7-18(14-22(21)32(29,30)26-16-20-4-3-13-31-20)23(28)25-15-17-5-8-19(9-6-17)27-11-1-2-12-27/h3-10,13-14,26H,1-2,11-12,15-16H2,(H,25,28). The number of furan rings is 1. The van der Waals surface area contributed by atoms with Gasteiger partial charge >= 0.3 is 0 Å². The molecular weight excluding hydrogens is 450 g/mol. The van der Waals surface area contributed by atoms with E-state index in [9.17, 15) is 13.2 Å². The van der Waals surface area contributed by atoms with E-state index in [0.717, 1.165) is 18.7 Å². The summed E-state index contributed by atoms with van der Waals surface area (Å²) in [7, 11) is -3.93. The lowest BCUT2D eigenvalue weighted by molar-refractivity contribution is 0.0950. The summed E-state index contributed by atoms with van der Waals surface area (Å²) in [5.41, 5.74) is 2.36. The predicted octanol–water partition coefficient (Wildman–Crippen LogP) is 3.94. The number of hydrogen-bond acceptors (Lipinski definition) is 5. The van der Waals surface area contributed by atoms with E-state index >= 15 is 0 Å². The number of halogens is 1. The maximum atomic E-state index is 12.7. The van der Waals surface area contributed by atoms with Gasteiger partial charge in [-0.05, 0) is 60.9 Å². The highest BCUT2D eigenvalue weighted by Crippen LogP contribution is 2.23. The van der Waals surface area contributed by atoms with Crippen LogP contribution >= 0.6 is 11.6 Å². The molecule has 168 valence electrons. The summed E-state index contributed by atoms with van der Waals surface area (Å²) < 4.78 is 32.9. The third-order valence-electron chi connectivity index (χ3n) is 5.36. The van der Waals surface area contributed by atoms with Gasteiger partial charge in [-0.2, -0.15) is 0 Å². The van der Waals surface area contributed by atoms with Crippen molar-refractivity contribution >= 4 is 33.2 Å². The lowest BCUT2D eigenvalue weighted by Gasteiger charge is -2.17. The van der Waals surface area contributed by atoms with Crippen molar-refractivity contribution in [3.05, 3.63) is 82.8 Å². The van der Waals surface area contributed by atoms with E-state index in [1.165, 1.54) is 43.0 Å². The first-order chi connectivity index (χ1) is 15.4. The van der Waals surface area contributed by atoms with E-state index in [-0.39, 0.29) is 27.9 Å². The summed E-state index contributed by atoms with van der Waals surface area (Å²) in [6.07, 6.45) is 3.89. The predicted molar refractivity (Wildman–Crippen MR) is 123 cm³/mol. The number of hydrogen-bond donors (Lipinski definition) is 2. The van der Waals surface area contributed by atoms with Crippen molar-refractivity contribution in [1.82, 2.24) is 10.0 Å². The summed E-state index contributed by atoms with van der Waals surface area (Å²) in [4.78, 5) is 14.8. The molecule has 1 amide bonds. The molecule has 1 saturated heterocycles. The van der Waals surface area contributed by atoms with Crippen LogP contribution in [-0.2, 0) is 23.1 Å². The molecule has 3 aromatic rings. The Bertz CT molecular complexity index is 1170. The Balaban J connectivity index is 1.40. The number of amides is 1. The van der Waals surface area contributed by atoms with Gasteiger partial charge in [0.15, 0.2) is 0 Å². The number of carbonyl (C=O) groups is 1. The van der Waals surface area contributed by atoms with Gasteiger partial charge in [0.25, 0.3) is 5.91 Å². The number of rotatable bonds is 8. The number of carbonyl (C=O) groups excluding carboxylic acids is 1. The van der Waals surface area contributed by atoms with E-state index in [2.05, 4.69) is 27.1 Å². The number of benzene rings is 2. The molecule has 0 aliphatic carbocycles. The molecule has 0 saturated carbocycles. The van der Waals surface area contributed by atoms with Crippen LogP contribution in [0.5, 0.6) is 0 Å². The molecule has 0 spiro atoms. The molecule has 4 rings (SSSR count). The Kier molecular flexibility index (Phi) is 6.83. The van der Waals surface area contributed by atoms with Crippen molar-refractivity contribution in [2.45, 2.75) is 30.8 Å². The van der Waals surface area contributed by atoms with Crippen molar-refractivity contribution in [3.63, 3.8) is 0 Å². The van der Waals surface area contributed by atoms with E-state index in [1.54, 1.807) is 12.1 Å². The van der Waals surface area contributed by atoms with Gasteiger partial charge in [-0.1, -0.05) is 23.7 Å². The monoisotopic (exact) mass is 473 g/mol. The van der Waals surface area contributed by atoms with Gasteiger partial charge in [0.2, 0.25) is 10.0 Å². The summed E-state index contributed by atoms with van der Waals surface area (Å²) in [6, 6.07) is 15.6. The summed E-state index contributed by atoms with van der Waals surface area (Å²) in [5.74, 6) is 0.0853. The minimum absolute atomic E-state index is 0.0183. The van der Waals surface area contributed by atoms with Gasteiger partial charge < -0.3 is 14.6 Å². The van der Waals surface area contributed by atoms with Crippen molar-refractivity contribution in [2.75, 3.05) is 18.0 Å². The van der Waals surface area contributed by atoms with Crippen molar-refractivity contribution < 1.29 is 17.6 Å². The molecule has 1 fully saturated rings. The number of nitrogens with zero attached hydrogens (tertiary/aromatic N) is 1. The van der Waals surface area contributed by atoms with E-state index < -0.39 is 10.0 Å². The maximum Gasteiger partial charge on any atom is 0.251 e. The number of anilines is 1. The topological polar surface area (TPSA) is 91.7 Å². The molecule has 2 N–H and O–H groups in total. The first-order valence-corrected chi connectivity index (χ1v) is 12.2. The van der Waals surface area contributed by atoms with Crippen molar-refractivity contribution in [1.29, 1.82) is 0 Å². The first kappa shape index (κ1) is 22.4. The fourth-order valence-corrected chi connectivity index (χ4v) is 5.11. The Morgan fingerprint density at radius 3 is 2.47 bits per heavy atom. The molecule has 2 aromatic carbocycles. The highest BCUT2D eigenvalue weighted by molar-refractivity contribution is 7.89. The molecule has 0 radical (unpaired) electrons. The van der Waals surface area contributed by atoms with Crippen LogP contribution in [0.3, 0.4) is 0 Å². The quantitative estimate of drug-likeness (QED) is 0.517. The molecule has 0 unspecified atom stereocenters. The second-order valence-electron chi connectivity index (χ2n) is 7.59. The minimum atomic E-state index is -3.93.